The van der Waals surface area contributed by atoms with Crippen LogP contribution in [0, 0.1) is 34.6 Å². The molecule has 0 heterocycles. The molecular formula is C44H52O4P2. The lowest BCUT2D eigenvalue weighted by Crippen LogP contribution is -2.12. The topological polar surface area (TPSA) is 36.9 Å². The van der Waals surface area contributed by atoms with E-state index in [-0.39, 0.29) is 34.8 Å². The van der Waals surface area contributed by atoms with Gasteiger partial charge in [-0.2, -0.15) is 0 Å². The number of benzene rings is 5. The van der Waals surface area contributed by atoms with Crippen LogP contribution in [-0.4, -0.2) is 0 Å². The molecule has 0 saturated heterocycles. The van der Waals surface area contributed by atoms with Gasteiger partial charge < -0.3 is 18.1 Å². The highest BCUT2D eigenvalue weighted by Gasteiger charge is 2.28. The van der Waals surface area contributed by atoms with E-state index in [2.05, 4.69) is 149 Å². The van der Waals surface area contributed by atoms with Crippen molar-refractivity contribution >= 4 is 18.1 Å². The Balaban J connectivity index is 1.56. The molecule has 0 spiro atoms. The molecule has 6 heteroatoms. The molecule has 2 atom stereocenters. The lowest BCUT2D eigenvalue weighted by molar-refractivity contribution is 0.485. The minimum atomic E-state index is -0.221. The lowest BCUT2D eigenvalue weighted by atomic mass is 9.81. The molecule has 262 valence electrons. The highest BCUT2D eigenvalue weighted by atomic mass is 31.1. The SMILES string of the molecule is Cc1ccc(C(c2cc(C)cc(C)c2OPOc2ccccc2C(C)(C)C)c2cc(C)cc(C)c2OPOc2ccccc2C(C)(C)C)cc1. The Morgan fingerprint density at radius 1 is 0.460 bits per heavy atom. The quantitative estimate of drug-likeness (QED) is 0.101. The molecule has 0 radical (unpaired) electrons. The number of hydrogen-bond acceptors (Lipinski definition) is 4. The van der Waals surface area contributed by atoms with Crippen LogP contribution in [0.2, 0.25) is 0 Å². The highest BCUT2D eigenvalue weighted by Crippen LogP contribution is 2.47. The van der Waals surface area contributed by atoms with Crippen molar-refractivity contribution in [2.24, 2.45) is 0 Å². The summed E-state index contributed by atoms with van der Waals surface area (Å²) in [4.78, 5) is 0. The fourth-order valence-corrected chi connectivity index (χ4v) is 7.88. The number of aryl methyl sites for hydroxylation is 5. The fraction of sp³-hybridized carbons (Fsp3) is 0.318. The van der Waals surface area contributed by atoms with E-state index in [4.69, 9.17) is 18.1 Å². The second kappa shape index (κ2) is 15.6. The third-order valence-corrected chi connectivity index (χ3v) is 10.1. The van der Waals surface area contributed by atoms with Gasteiger partial charge in [0.15, 0.2) is 0 Å². The minimum Gasteiger partial charge on any atom is -0.440 e. The standard InChI is InChI=1S/C44H52O4P2/c1-28-20-22-33(23-21-28)40(34-26-29(2)24-31(4)41(34)47-49-45-38-18-14-12-16-36(38)43(6,7)8)35-27-30(3)25-32(5)42(35)48-50-46-39-19-15-13-17-37(39)44(9,10)11/h12-27,40,49-50H,1-11H3. The van der Waals surface area contributed by atoms with Gasteiger partial charge in [0, 0.05) is 17.0 Å². The van der Waals surface area contributed by atoms with Crippen molar-refractivity contribution in [3.63, 3.8) is 0 Å². The Bertz CT molecular complexity index is 1820. The molecule has 0 aliphatic heterocycles. The zero-order chi connectivity index (χ0) is 36.2. The van der Waals surface area contributed by atoms with Crippen LogP contribution in [0.25, 0.3) is 0 Å². The fourth-order valence-electron chi connectivity index (χ4n) is 6.53. The van der Waals surface area contributed by atoms with Gasteiger partial charge in [-0.25, -0.2) is 0 Å². The molecule has 0 amide bonds. The summed E-state index contributed by atoms with van der Waals surface area (Å²) in [5.74, 6) is 3.18. The smallest absolute Gasteiger partial charge is 0.275 e. The normalized spacial score (nSPS) is 12.9. The largest absolute Gasteiger partial charge is 0.440 e. The van der Waals surface area contributed by atoms with Crippen LogP contribution in [0.15, 0.2) is 97.1 Å². The third-order valence-electron chi connectivity index (χ3n) is 8.91. The molecular weight excluding hydrogens is 654 g/mol. The molecule has 5 aromatic carbocycles. The second-order valence-electron chi connectivity index (χ2n) is 15.4. The average Bonchev–Trinajstić information content (AvgIpc) is 3.04. The Morgan fingerprint density at radius 2 is 0.860 bits per heavy atom. The summed E-state index contributed by atoms with van der Waals surface area (Å²) in [6, 6.07) is 34.1. The molecule has 5 aromatic rings. The summed E-state index contributed by atoms with van der Waals surface area (Å²) in [6.07, 6.45) is 0. The van der Waals surface area contributed by atoms with E-state index in [1.54, 1.807) is 0 Å². The monoisotopic (exact) mass is 706 g/mol. The van der Waals surface area contributed by atoms with E-state index in [1.165, 1.54) is 16.7 Å². The summed E-state index contributed by atoms with van der Waals surface area (Å²) in [5, 5.41) is 0. The van der Waals surface area contributed by atoms with Crippen LogP contribution in [-0.2, 0) is 10.8 Å². The zero-order valence-corrected chi connectivity index (χ0v) is 33.4. The van der Waals surface area contributed by atoms with E-state index >= 15 is 0 Å². The molecule has 50 heavy (non-hydrogen) atoms. The summed E-state index contributed by atoms with van der Waals surface area (Å²) < 4.78 is 26.1. The third kappa shape index (κ3) is 8.90. The molecule has 0 fully saturated rings. The first kappa shape index (κ1) is 37.4. The number of hydrogen-bond donors (Lipinski definition) is 0. The van der Waals surface area contributed by atoms with Gasteiger partial charge in [0.25, 0.3) is 18.1 Å². The van der Waals surface area contributed by atoms with E-state index in [0.29, 0.717) is 0 Å². The second-order valence-corrected chi connectivity index (χ2v) is 16.6. The van der Waals surface area contributed by atoms with Crippen LogP contribution in [0.3, 0.4) is 0 Å². The van der Waals surface area contributed by atoms with Crippen molar-refractivity contribution in [2.75, 3.05) is 0 Å². The van der Waals surface area contributed by atoms with Gasteiger partial charge in [-0.15, -0.1) is 0 Å². The number of para-hydroxylation sites is 2. The molecule has 0 bridgehead atoms. The summed E-state index contributed by atoms with van der Waals surface area (Å²) >= 11 is 0. The Kier molecular flexibility index (Phi) is 11.7. The predicted octanol–water partition coefficient (Wildman–Crippen LogP) is 12.9. The maximum Gasteiger partial charge on any atom is 0.275 e. The Morgan fingerprint density at radius 3 is 1.26 bits per heavy atom. The molecule has 5 rings (SSSR count). The van der Waals surface area contributed by atoms with Crippen molar-refractivity contribution in [2.45, 2.75) is 92.9 Å². The summed E-state index contributed by atoms with van der Waals surface area (Å²) in [5.41, 5.74) is 11.2. The van der Waals surface area contributed by atoms with Crippen LogP contribution in [0.5, 0.6) is 23.0 Å². The van der Waals surface area contributed by atoms with Gasteiger partial charge in [0.05, 0.1) is 0 Å². The summed E-state index contributed by atoms with van der Waals surface area (Å²) in [6.45, 7) is 23.8. The lowest BCUT2D eigenvalue weighted by Gasteiger charge is -2.27. The molecule has 0 aliphatic carbocycles. The first-order chi connectivity index (χ1) is 23.6. The van der Waals surface area contributed by atoms with Crippen LogP contribution in [0.4, 0.5) is 0 Å². The van der Waals surface area contributed by atoms with Gasteiger partial charge in [-0.05, 0) is 85.4 Å². The first-order valence-corrected chi connectivity index (χ1v) is 18.9. The van der Waals surface area contributed by atoms with E-state index in [0.717, 1.165) is 61.9 Å². The average molecular weight is 707 g/mol. The van der Waals surface area contributed by atoms with Crippen LogP contribution >= 0.6 is 18.1 Å². The van der Waals surface area contributed by atoms with Gasteiger partial charge >= 0.3 is 0 Å². The van der Waals surface area contributed by atoms with Gasteiger partial charge in [0.1, 0.15) is 23.0 Å². The molecule has 0 N–H and O–H groups in total. The van der Waals surface area contributed by atoms with Gasteiger partial charge in [-0.1, -0.05) is 143 Å². The molecule has 2 unspecified atom stereocenters. The van der Waals surface area contributed by atoms with Crippen molar-refractivity contribution < 1.29 is 18.1 Å². The van der Waals surface area contributed by atoms with Crippen molar-refractivity contribution in [1.29, 1.82) is 0 Å². The first-order valence-electron chi connectivity index (χ1n) is 17.3. The molecule has 0 saturated carbocycles. The van der Waals surface area contributed by atoms with E-state index in [1.807, 2.05) is 24.3 Å². The minimum absolute atomic E-state index is 0.0544. The Labute approximate surface area is 303 Å². The van der Waals surface area contributed by atoms with E-state index < -0.39 is 0 Å². The van der Waals surface area contributed by atoms with E-state index in [9.17, 15) is 0 Å². The van der Waals surface area contributed by atoms with Crippen molar-refractivity contribution in [3.05, 3.63) is 153 Å². The van der Waals surface area contributed by atoms with Gasteiger partial charge in [-0.3, -0.25) is 0 Å². The van der Waals surface area contributed by atoms with Crippen LogP contribution < -0.4 is 18.1 Å². The number of rotatable bonds is 11. The Hall–Kier alpha value is -3.84. The van der Waals surface area contributed by atoms with Crippen LogP contribution in [0.1, 0.15) is 103 Å². The molecule has 0 aromatic heterocycles. The van der Waals surface area contributed by atoms with Crippen molar-refractivity contribution in [3.8, 4) is 23.0 Å². The maximum atomic E-state index is 6.67. The zero-order valence-electron chi connectivity index (χ0n) is 31.4. The molecule has 0 aliphatic rings. The highest BCUT2D eigenvalue weighted by molar-refractivity contribution is 7.27. The maximum absolute atomic E-state index is 6.67. The predicted molar refractivity (Wildman–Crippen MR) is 213 cm³/mol. The van der Waals surface area contributed by atoms with Crippen molar-refractivity contribution in [1.82, 2.24) is 0 Å². The molecule has 4 nitrogen and oxygen atoms in total. The summed E-state index contributed by atoms with van der Waals surface area (Å²) in [7, 11) is -0.442. The van der Waals surface area contributed by atoms with Gasteiger partial charge in [0.2, 0.25) is 0 Å².